The molecule has 17 heavy (non-hydrogen) atoms. The quantitative estimate of drug-likeness (QED) is 0.631. The third-order valence-corrected chi connectivity index (χ3v) is 3.42. The van der Waals surface area contributed by atoms with Crippen molar-refractivity contribution in [2.75, 3.05) is 0 Å². The molecule has 0 N–H and O–H groups in total. The van der Waals surface area contributed by atoms with Gasteiger partial charge in [0.2, 0.25) is 5.15 Å². The molecular formula is C8H3BrClN3O3S. The summed E-state index contributed by atoms with van der Waals surface area (Å²) < 4.78 is 13.1. The Morgan fingerprint density at radius 1 is 1.47 bits per heavy atom. The molecule has 0 spiro atoms. The van der Waals surface area contributed by atoms with Gasteiger partial charge in [0.15, 0.2) is 5.75 Å². The molecule has 1 heterocycles. The highest BCUT2D eigenvalue weighted by molar-refractivity contribution is 9.10. The van der Waals surface area contributed by atoms with E-state index >= 15 is 0 Å². The van der Waals surface area contributed by atoms with E-state index in [4.69, 9.17) is 16.3 Å². The van der Waals surface area contributed by atoms with Crippen LogP contribution in [-0.4, -0.2) is 13.7 Å². The summed E-state index contributed by atoms with van der Waals surface area (Å²) in [7, 11) is 0. The summed E-state index contributed by atoms with van der Waals surface area (Å²) >= 11 is 9.70. The zero-order chi connectivity index (χ0) is 12.4. The van der Waals surface area contributed by atoms with Crippen LogP contribution < -0.4 is 4.74 Å². The molecule has 2 rings (SSSR count). The molecule has 9 heteroatoms. The lowest BCUT2D eigenvalue weighted by atomic mass is 10.3. The summed E-state index contributed by atoms with van der Waals surface area (Å²) in [6, 6.07) is 4.43. The molecule has 1 aromatic heterocycles. The third-order valence-electron chi connectivity index (χ3n) is 1.77. The van der Waals surface area contributed by atoms with Crippen molar-refractivity contribution in [2.45, 2.75) is 0 Å². The van der Waals surface area contributed by atoms with Gasteiger partial charge >= 0.3 is 0 Å². The summed E-state index contributed by atoms with van der Waals surface area (Å²) in [5.41, 5.74) is -0.0955. The summed E-state index contributed by atoms with van der Waals surface area (Å²) in [5.74, 6) is 0.381. The molecular weight excluding hydrogens is 334 g/mol. The molecule has 0 saturated heterocycles. The minimum atomic E-state index is -0.516. The Morgan fingerprint density at radius 3 is 2.82 bits per heavy atom. The topological polar surface area (TPSA) is 78.2 Å². The predicted octanol–water partition coefficient (Wildman–Crippen LogP) is 3.65. The van der Waals surface area contributed by atoms with E-state index in [0.29, 0.717) is 0 Å². The lowest BCUT2D eigenvalue weighted by molar-refractivity contribution is -0.385. The van der Waals surface area contributed by atoms with Gasteiger partial charge in [-0.05, 0) is 22.0 Å². The highest BCUT2D eigenvalue weighted by atomic mass is 79.9. The maximum atomic E-state index is 10.7. The lowest BCUT2D eigenvalue weighted by Crippen LogP contribution is -1.92. The summed E-state index contributed by atoms with van der Waals surface area (Å²) in [6.07, 6.45) is 0. The van der Waals surface area contributed by atoms with Crippen molar-refractivity contribution in [2.24, 2.45) is 0 Å². The number of rotatable bonds is 3. The molecule has 2 aromatic rings. The first-order chi connectivity index (χ1) is 8.09. The van der Waals surface area contributed by atoms with Crippen LogP contribution in [-0.2, 0) is 0 Å². The lowest BCUT2D eigenvalue weighted by Gasteiger charge is -2.04. The Kier molecular flexibility index (Phi) is 3.55. The second kappa shape index (κ2) is 4.94. The zero-order valence-corrected chi connectivity index (χ0v) is 11.1. The van der Waals surface area contributed by atoms with Gasteiger partial charge in [-0.2, -0.15) is 4.37 Å². The van der Waals surface area contributed by atoms with Gasteiger partial charge in [0, 0.05) is 6.07 Å². The minimum absolute atomic E-state index is 0.0955. The first-order valence-corrected chi connectivity index (χ1v) is 6.08. The number of halogens is 2. The Balaban J connectivity index is 2.37. The molecule has 0 radical (unpaired) electrons. The average Bonchev–Trinajstić information content (AvgIpc) is 2.67. The molecule has 0 saturated carbocycles. The molecule has 0 bridgehead atoms. The van der Waals surface area contributed by atoms with E-state index in [1.807, 2.05) is 0 Å². The molecule has 0 amide bonds. The van der Waals surface area contributed by atoms with Gasteiger partial charge in [-0.15, -0.1) is 4.37 Å². The smallest absolute Gasteiger partial charge is 0.287 e. The van der Waals surface area contributed by atoms with E-state index < -0.39 is 4.92 Å². The highest BCUT2D eigenvalue weighted by Gasteiger charge is 2.18. The van der Waals surface area contributed by atoms with E-state index in [1.165, 1.54) is 12.1 Å². The number of ether oxygens (including phenoxy) is 1. The van der Waals surface area contributed by atoms with Gasteiger partial charge in [-0.1, -0.05) is 17.7 Å². The molecule has 0 aliphatic rings. The van der Waals surface area contributed by atoms with Gasteiger partial charge in [-0.25, -0.2) is 0 Å². The van der Waals surface area contributed by atoms with Crippen molar-refractivity contribution in [3.63, 3.8) is 0 Å². The first kappa shape index (κ1) is 12.2. The van der Waals surface area contributed by atoms with Gasteiger partial charge in [-0.3, -0.25) is 10.1 Å². The zero-order valence-electron chi connectivity index (χ0n) is 7.96. The number of nitro groups is 1. The van der Waals surface area contributed by atoms with Gasteiger partial charge in [0.1, 0.15) is 4.47 Å². The number of nitrogens with zero attached hydrogens (tertiary/aromatic N) is 3. The number of aromatic nitrogens is 2. The van der Waals surface area contributed by atoms with Gasteiger partial charge < -0.3 is 4.74 Å². The van der Waals surface area contributed by atoms with Crippen LogP contribution in [0.4, 0.5) is 5.69 Å². The third kappa shape index (κ3) is 2.54. The van der Waals surface area contributed by atoms with E-state index in [1.54, 1.807) is 6.07 Å². The van der Waals surface area contributed by atoms with Crippen LogP contribution >= 0.6 is 39.3 Å². The highest BCUT2D eigenvalue weighted by Crippen LogP contribution is 2.37. The average molecular weight is 337 g/mol. The monoisotopic (exact) mass is 335 g/mol. The molecule has 0 atom stereocenters. The molecule has 0 fully saturated rings. The Bertz CT molecular complexity index is 577. The van der Waals surface area contributed by atoms with Crippen molar-refractivity contribution in [3.8, 4) is 11.6 Å². The van der Waals surface area contributed by atoms with Crippen LogP contribution in [0.5, 0.6) is 11.6 Å². The molecule has 88 valence electrons. The maximum absolute atomic E-state index is 10.7. The van der Waals surface area contributed by atoms with Crippen LogP contribution in [0.15, 0.2) is 22.7 Å². The number of hydrogen-bond donors (Lipinski definition) is 0. The molecule has 1 aromatic carbocycles. The first-order valence-electron chi connectivity index (χ1n) is 4.18. The Hall–Kier alpha value is -1.25. The molecule has 0 aliphatic carbocycles. The van der Waals surface area contributed by atoms with Crippen molar-refractivity contribution < 1.29 is 9.66 Å². The Morgan fingerprint density at radius 2 is 2.24 bits per heavy atom. The predicted molar refractivity (Wildman–Crippen MR) is 65.8 cm³/mol. The van der Waals surface area contributed by atoms with Crippen molar-refractivity contribution in [3.05, 3.63) is 37.9 Å². The van der Waals surface area contributed by atoms with Gasteiger partial charge in [0.25, 0.3) is 11.6 Å². The number of hydrogen-bond acceptors (Lipinski definition) is 6. The second-order valence-electron chi connectivity index (χ2n) is 2.81. The fraction of sp³-hybridized carbons (Fsp3) is 0. The minimum Gasteiger partial charge on any atom is -0.434 e. The van der Waals surface area contributed by atoms with Crippen LogP contribution in [0.25, 0.3) is 0 Å². The maximum Gasteiger partial charge on any atom is 0.287 e. The van der Waals surface area contributed by atoms with Crippen LogP contribution in [0.3, 0.4) is 0 Å². The van der Waals surface area contributed by atoms with E-state index in [-0.39, 0.29) is 26.9 Å². The van der Waals surface area contributed by atoms with Crippen molar-refractivity contribution in [1.82, 2.24) is 8.75 Å². The SMILES string of the molecule is O=[N+]([O-])c1cccc(Oc2nsnc2Cl)c1Br. The standard InChI is InChI=1S/C8H3BrClN3O3S/c9-6-4(13(14)15)2-1-3-5(6)16-8-7(10)11-17-12-8/h1-3H. The fourth-order valence-corrected chi connectivity index (χ4v) is 2.16. The normalized spacial score (nSPS) is 10.2. The van der Waals surface area contributed by atoms with Crippen molar-refractivity contribution >= 4 is 44.9 Å². The number of benzene rings is 1. The largest absolute Gasteiger partial charge is 0.434 e. The Labute approximate surface area is 113 Å². The van der Waals surface area contributed by atoms with Gasteiger partial charge in [0.05, 0.1) is 16.7 Å². The number of nitro benzene ring substituents is 1. The molecule has 6 nitrogen and oxygen atoms in total. The van der Waals surface area contributed by atoms with E-state index in [2.05, 4.69) is 24.7 Å². The summed E-state index contributed by atoms with van der Waals surface area (Å²) in [4.78, 5) is 10.2. The van der Waals surface area contributed by atoms with E-state index in [0.717, 1.165) is 11.7 Å². The van der Waals surface area contributed by atoms with Crippen molar-refractivity contribution in [1.29, 1.82) is 0 Å². The van der Waals surface area contributed by atoms with Crippen LogP contribution in [0.2, 0.25) is 5.15 Å². The molecule has 0 unspecified atom stereocenters. The fourth-order valence-electron chi connectivity index (χ4n) is 1.05. The second-order valence-corrected chi connectivity index (χ2v) is 4.49. The summed E-state index contributed by atoms with van der Waals surface area (Å²) in [6.45, 7) is 0. The summed E-state index contributed by atoms with van der Waals surface area (Å²) in [5, 5.41) is 10.8. The van der Waals surface area contributed by atoms with Crippen LogP contribution in [0, 0.1) is 10.1 Å². The van der Waals surface area contributed by atoms with E-state index in [9.17, 15) is 10.1 Å². The molecule has 0 aliphatic heterocycles. The van der Waals surface area contributed by atoms with Crippen LogP contribution in [0.1, 0.15) is 0 Å².